The molecular weight excluding hydrogens is 240 g/mol. The van der Waals surface area contributed by atoms with Crippen LogP contribution in [0, 0.1) is 5.41 Å². The summed E-state index contributed by atoms with van der Waals surface area (Å²) in [6.45, 7) is 7.97. The van der Waals surface area contributed by atoms with Crippen LogP contribution in [-0.2, 0) is 0 Å². The van der Waals surface area contributed by atoms with Crippen molar-refractivity contribution in [3.63, 3.8) is 0 Å². The first kappa shape index (κ1) is 14.2. The van der Waals surface area contributed by atoms with Gasteiger partial charge in [-0.15, -0.1) is 0 Å². The van der Waals surface area contributed by atoms with Crippen LogP contribution in [-0.4, -0.2) is 23.0 Å². The molecule has 1 saturated heterocycles. The molecule has 18 heavy (non-hydrogen) atoms. The highest BCUT2D eigenvalue weighted by Crippen LogP contribution is 2.41. The van der Waals surface area contributed by atoms with Gasteiger partial charge in [-0.25, -0.2) is 0 Å². The average Bonchev–Trinajstić information content (AvgIpc) is 2.86. The summed E-state index contributed by atoms with van der Waals surface area (Å²) in [5.41, 5.74) is 0.800. The molecule has 1 heterocycles. The molecule has 0 bridgehead atoms. The molecule has 1 N–H and O–H groups in total. The lowest BCUT2D eigenvalue weighted by Crippen LogP contribution is -2.48. The Morgan fingerprint density at radius 2 is 1.89 bits per heavy atom. The van der Waals surface area contributed by atoms with Crippen LogP contribution in [0.3, 0.4) is 0 Å². The molecule has 1 aliphatic carbocycles. The van der Waals surface area contributed by atoms with E-state index in [1.54, 1.807) is 0 Å². The van der Waals surface area contributed by atoms with Crippen molar-refractivity contribution in [1.82, 2.24) is 5.32 Å². The Hall–Kier alpha value is -0.180. The van der Waals surface area contributed by atoms with Crippen LogP contribution in [0.15, 0.2) is 4.99 Å². The van der Waals surface area contributed by atoms with Crippen LogP contribution < -0.4 is 5.32 Å². The Kier molecular flexibility index (Phi) is 4.63. The largest absolute Gasteiger partial charge is 0.360 e. The van der Waals surface area contributed by atoms with E-state index in [2.05, 4.69) is 26.1 Å². The second-order valence-electron chi connectivity index (χ2n) is 6.32. The maximum atomic E-state index is 4.92. The first-order valence-corrected chi connectivity index (χ1v) is 8.55. The highest BCUT2D eigenvalue weighted by Gasteiger charge is 2.33. The number of nitrogens with zero attached hydrogens (tertiary/aromatic N) is 1. The summed E-state index contributed by atoms with van der Waals surface area (Å²) in [5.74, 6) is 1.22. The van der Waals surface area contributed by atoms with Crippen molar-refractivity contribution in [3.05, 3.63) is 0 Å². The molecule has 1 atom stereocenters. The lowest BCUT2D eigenvalue weighted by molar-refractivity contribution is 0.297. The van der Waals surface area contributed by atoms with Gasteiger partial charge >= 0.3 is 0 Å². The van der Waals surface area contributed by atoms with Crippen LogP contribution in [0.25, 0.3) is 0 Å². The third-order valence-electron chi connectivity index (χ3n) is 5.05. The maximum absolute atomic E-state index is 4.92. The Morgan fingerprint density at radius 3 is 2.50 bits per heavy atom. The molecule has 0 aromatic rings. The van der Waals surface area contributed by atoms with Crippen LogP contribution in [0.2, 0.25) is 0 Å². The zero-order chi connectivity index (χ0) is 13.1. The predicted molar refractivity (Wildman–Crippen MR) is 82.4 cm³/mol. The second kappa shape index (κ2) is 5.85. The zero-order valence-corrected chi connectivity index (χ0v) is 13.0. The van der Waals surface area contributed by atoms with Crippen LogP contribution in [0.1, 0.15) is 65.7 Å². The molecule has 0 aromatic carbocycles. The number of amidine groups is 1. The quantitative estimate of drug-likeness (QED) is 0.826. The Labute approximate surface area is 116 Å². The minimum atomic E-state index is 0.277. The molecule has 0 spiro atoms. The molecule has 2 fully saturated rings. The SMILES string of the molecule is CCC1(CN=C2NC(C)(CC)CCS2)CCCC1. The van der Waals surface area contributed by atoms with Gasteiger partial charge in [-0.2, -0.15) is 0 Å². The fraction of sp³-hybridized carbons (Fsp3) is 0.933. The van der Waals surface area contributed by atoms with Crippen LogP contribution in [0.4, 0.5) is 0 Å². The summed E-state index contributed by atoms with van der Waals surface area (Å²) in [7, 11) is 0. The lowest BCUT2D eigenvalue weighted by Gasteiger charge is -2.35. The molecule has 104 valence electrons. The van der Waals surface area contributed by atoms with Crippen molar-refractivity contribution >= 4 is 16.9 Å². The van der Waals surface area contributed by atoms with E-state index in [-0.39, 0.29) is 5.54 Å². The Bertz CT molecular complexity index is 308. The normalized spacial score (nSPS) is 33.6. The topological polar surface area (TPSA) is 24.4 Å². The van der Waals surface area contributed by atoms with E-state index in [9.17, 15) is 0 Å². The van der Waals surface area contributed by atoms with Gasteiger partial charge in [0, 0.05) is 17.8 Å². The van der Waals surface area contributed by atoms with Gasteiger partial charge in [0.25, 0.3) is 0 Å². The zero-order valence-electron chi connectivity index (χ0n) is 12.2. The molecule has 0 aromatic heterocycles. The first-order chi connectivity index (χ1) is 8.61. The molecule has 1 unspecified atom stereocenters. The van der Waals surface area contributed by atoms with Crippen LogP contribution in [0.5, 0.6) is 0 Å². The van der Waals surface area contributed by atoms with Crippen molar-refractivity contribution in [2.45, 2.75) is 71.3 Å². The number of hydrogen-bond acceptors (Lipinski definition) is 2. The van der Waals surface area contributed by atoms with Crippen LogP contribution >= 0.6 is 11.8 Å². The van der Waals surface area contributed by atoms with E-state index >= 15 is 0 Å². The molecule has 2 aliphatic rings. The third-order valence-corrected chi connectivity index (χ3v) is 5.97. The number of aliphatic imine (C=N–C) groups is 1. The van der Waals surface area contributed by atoms with Gasteiger partial charge in [-0.1, -0.05) is 38.5 Å². The number of nitrogens with one attached hydrogen (secondary N) is 1. The van der Waals surface area contributed by atoms with Crippen molar-refractivity contribution in [3.8, 4) is 0 Å². The van der Waals surface area contributed by atoms with E-state index in [0.29, 0.717) is 5.41 Å². The van der Waals surface area contributed by atoms with E-state index < -0.39 is 0 Å². The van der Waals surface area contributed by atoms with Gasteiger partial charge < -0.3 is 5.32 Å². The molecule has 1 aliphatic heterocycles. The second-order valence-corrected chi connectivity index (χ2v) is 7.40. The average molecular weight is 268 g/mol. The van der Waals surface area contributed by atoms with Gasteiger partial charge in [-0.05, 0) is 44.4 Å². The smallest absolute Gasteiger partial charge is 0.156 e. The molecule has 1 saturated carbocycles. The highest BCUT2D eigenvalue weighted by atomic mass is 32.2. The summed E-state index contributed by atoms with van der Waals surface area (Å²) in [5, 5.41) is 4.86. The number of hydrogen-bond donors (Lipinski definition) is 1. The fourth-order valence-corrected chi connectivity index (χ4v) is 4.29. The summed E-state index contributed by atoms with van der Waals surface area (Å²) < 4.78 is 0. The Morgan fingerprint density at radius 1 is 1.17 bits per heavy atom. The van der Waals surface area contributed by atoms with Crippen molar-refractivity contribution < 1.29 is 0 Å². The predicted octanol–water partition coefficient (Wildman–Crippen LogP) is 4.21. The third kappa shape index (κ3) is 3.23. The van der Waals surface area contributed by atoms with E-state index in [0.717, 1.165) is 6.54 Å². The van der Waals surface area contributed by atoms with Gasteiger partial charge in [0.1, 0.15) is 0 Å². The fourth-order valence-electron chi connectivity index (χ4n) is 3.07. The summed E-state index contributed by atoms with van der Waals surface area (Å²) in [6, 6.07) is 0. The monoisotopic (exact) mass is 268 g/mol. The van der Waals surface area contributed by atoms with Gasteiger partial charge in [0.15, 0.2) is 5.17 Å². The molecule has 2 rings (SSSR count). The number of rotatable bonds is 4. The van der Waals surface area contributed by atoms with Crippen molar-refractivity contribution in [2.24, 2.45) is 10.4 Å². The van der Waals surface area contributed by atoms with Gasteiger partial charge in [0.2, 0.25) is 0 Å². The minimum absolute atomic E-state index is 0.277. The molecule has 2 nitrogen and oxygen atoms in total. The maximum Gasteiger partial charge on any atom is 0.156 e. The van der Waals surface area contributed by atoms with Crippen molar-refractivity contribution in [1.29, 1.82) is 0 Å². The minimum Gasteiger partial charge on any atom is -0.360 e. The Balaban J connectivity index is 1.96. The first-order valence-electron chi connectivity index (χ1n) is 7.57. The lowest BCUT2D eigenvalue weighted by atomic mass is 9.84. The van der Waals surface area contributed by atoms with Gasteiger partial charge in [0.05, 0.1) is 0 Å². The summed E-state index contributed by atoms with van der Waals surface area (Å²) in [6.07, 6.45) is 9.32. The van der Waals surface area contributed by atoms with Crippen molar-refractivity contribution in [2.75, 3.05) is 12.3 Å². The molecule has 3 heteroatoms. The van der Waals surface area contributed by atoms with Gasteiger partial charge in [-0.3, -0.25) is 4.99 Å². The van der Waals surface area contributed by atoms with E-state index in [1.807, 2.05) is 11.8 Å². The number of thioether (sulfide) groups is 1. The molecule has 0 amide bonds. The molecular formula is C15H28N2S. The summed E-state index contributed by atoms with van der Waals surface area (Å²) >= 11 is 1.91. The summed E-state index contributed by atoms with van der Waals surface area (Å²) in [4.78, 5) is 4.92. The van der Waals surface area contributed by atoms with E-state index in [4.69, 9.17) is 4.99 Å². The molecule has 0 radical (unpaired) electrons. The standard InChI is InChI=1S/C15H28N2S/c1-4-14(3)10-11-18-13(17-14)16-12-15(5-2)8-6-7-9-15/h4-12H2,1-3H3,(H,16,17). The highest BCUT2D eigenvalue weighted by molar-refractivity contribution is 8.13. The van der Waals surface area contributed by atoms with E-state index in [1.165, 1.54) is 55.9 Å².